The minimum Gasteiger partial charge on any atom is -0.377 e. The van der Waals surface area contributed by atoms with Gasteiger partial charge < -0.3 is 25.0 Å². The Hall–Kier alpha value is -5.72. The van der Waals surface area contributed by atoms with E-state index in [1.54, 1.807) is 24.7 Å². The Morgan fingerprint density at radius 3 is 2.37 bits per heavy atom. The lowest BCUT2D eigenvalue weighted by molar-refractivity contribution is -0.121. The first-order chi connectivity index (χ1) is 25.2. The van der Waals surface area contributed by atoms with Crippen molar-refractivity contribution in [1.82, 2.24) is 19.8 Å². The zero-order chi connectivity index (χ0) is 36.6. The fourth-order valence-corrected chi connectivity index (χ4v) is 6.91. The smallest absolute Gasteiger partial charge is 0.226 e. The Balaban J connectivity index is 1.26. The average molecular weight is 708 g/mol. The molecule has 1 aromatic heterocycles. The van der Waals surface area contributed by atoms with Gasteiger partial charge >= 0.3 is 0 Å². The number of nitrogens with zero attached hydrogens (tertiary/aromatic N) is 5. The summed E-state index contributed by atoms with van der Waals surface area (Å²) in [7, 11) is 4.11. The largest absolute Gasteiger partial charge is 0.377 e. The lowest BCUT2D eigenvalue weighted by Crippen LogP contribution is -2.50. The molecule has 0 bridgehead atoms. The number of anilines is 2. The van der Waals surface area contributed by atoms with Crippen molar-refractivity contribution in [1.29, 1.82) is 5.26 Å². The van der Waals surface area contributed by atoms with Crippen molar-refractivity contribution in [2.45, 2.75) is 45.8 Å². The van der Waals surface area contributed by atoms with Crippen molar-refractivity contribution in [2.75, 3.05) is 30.9 Å². The predicted octanol–water partition coefficient (Wildman–Crippen LogP) is 8.15. The molecule has 0 radical (unpaired) electrons. The summed E-state index contributed by atoms with van der Waals surface area (Å²) in [5.41, 5.74) is 5.71. The molecule has 0 saturated heterocycles. The van der Waals surface area contributed by atoms with E-state index in [1.807, 2.05) is 16.7 Å². The Bertz CT molecular complexity index is 2210. The summed E-state index contributed by atoms with van der Waals surface area (Å²) >= 11 is 6.23. The van der Waals surface area contributed by atoms with Gasteiger partial charge in [-0.15, -0.1) is 0 Å². The molecule has 8 nitrogen and oxygen atoms in total. The molecule has 1 heterocycles. The maximum atomic E-state index is 13.8. The van der Waals surface area contributed by atoms with Crippen LogP contribution < -0.4 is 15.5 Å². The van der Waals surface area contributed by atoms with Crippen LogP contribution in [0.4, 0.5) is 11.4 Å². The standard InChI is InChI=1S/C43H45N7OS/c1-5-30(2)40(46-42(51)23-35-25-45-29-50(35)26-32-19-17-31(24-44)18-20-32)28-49(27-34-13-10-12-33-11-6-7-14-36(33)34)43(52)47-39-21-22-41(48(3)4)38-16-9-8-15-37(38)39/h6-22,25,29-30,40H,5,23,26-28H2,1-4H3,(H,46,51)(H,47,52). The molecule has 0 spiro atoms. The number of imidazole rings is 1. The summed E-state index contributed by atoms with van der Waals surface area (Å²) in [6.07, 6.45) is 4.58. The molecule has 1 amide bonds. The van der Waals surface area contributed by atoms with E-state index >= 15 is 0 Å². The Kier molecular flexibility index (Phi) is 11.5. The fraction of sp³-hybridized carbons (Fsp3) is 0.256. The lowest BCUT2D eigenvalue weighted by Gasteiger charge is -2.34. The maximum absolute atomic E-state index is 13.8. The first-order valence-corrected chi connectivity index (χ1v) is 18.1. The van der Waals surface area contributed by atoms with Gasteiger partial charge in [-0.3, -0.25) is 4.79 Å². The molecule has 0 aliphatic rings. The molecule has 0 aliphatic heterocycles. The number of rotatable bonds is 13. The van der Waals surface area contributed by atoms with Gasteiger partial charge in [-0.1, -0.05) is 99.1 Å². The Labute approximate surface area is 311 Å². The van der Waals surface area contributed by atoms with Gasteiger partial charge in [-0.2, -0.15) is 5.26 Å². The Morgan fingerprint density at radius 2 is 1.63 bits per heavy atom. The van der Waals surface area contributed by atoms with Crippen molar-refractivity contribution in [3.8, 4) is 6.07 Å². The van der Waals surface area contributed by atoms with Crippen LogP contribution in [-0.2, 0) is 24.3 Å². The summed E-state index contributed by atoms with van der Waals surface area (Å²) in [5.74, 6) is 0.117. The van der Waals surface area contributed by atoms with Gasteiger partial charge in [0.25, 0.3) is 0 Å². The van der Waals surface area contributed by atoms with E-state index in [2.05, 4.69) is 138 Å². The van der Waals surface area contributed by atoms with Gasteiger partial charge in [0, 0.05) is 73.8 Å². The van der Waals surface area contributed by atoms with Crippen LogP contribution in [0, 0.1) is 17.2 Å². The van der Waals surface area contributed by atoms with Gasteiger partial charge in [0.05, 0.1) is 24.4 Å². The third kappa shape index (κ3) is 8.42. The van der Waals surface area contributed by atoms with Crippen LogP contribution >= 0.6 is 12.2 Å². The van der Waals surface area contributed by atoms with Crippen molar-refractivity contribution in [2.24, 2.45) is 5.92 Å². The molecule has 52 heavy (non-hydrogen) atoms. The summed E-state index contributed by atoms with van der Waals surface area (Å²) in [5, 5.41) is 21.3. The van der Waals surface area contributed by atoms with Gasteiger partial charge in [-0.25, -0.2) is 4.98 Å². The van der Waals surface area contributed by atoms with Crippen LogP contribution in [0.2, 0.25) is 0 Å². The number of amides is 1. The predicted molar refractivity (Wildman–Crippen MR) is 216 cm³/mol. The second-order valence-electron chi connectivity index (χ2n) is 13.6. The van der Waals surface area contributed by atoms with Crippen LogP contribution in [-0.4, -0.2) is 52.2 Å². The third-order valence-electron chi connectivity index (χ3n) is 9.82. The molecule has 5 aromatic carbocycles. The number of nitrogens with one attached hydrogen (secondary N) is 2. The van der Waals surface area contributed by atoms with Gasteiger partial charge in [0.15, 0.2) is 5.11 Å². The first-order valence-electron chi connectivity index (χ1n) is 17.7. The van der Waals surface area contributed by atoms with E-state index in [9.17, 15) is 4.79 Å². The number of nitriles is 1. The van der Waals surface area contributed by atoms with E-state index in [0.29, 0.717) is 30.3 Å². The van der Waals surface area contributed by atoms with Crippen LogP contribution in [0.3, 0.4) is 0 Å². The van der Waals surface area contributed by atoms with Gasteiger partial charge in [0.1, 0.15) is 0 Å². The van der Waals surface area contributed by atoms with E-state index in [0.717, 1.165) is 45.4 Å². The molecular weight excluding hydrogens is 663 g/mol. The van der Waals surface area contributed by atoms with Crippen molar-refractivity contribution in [3.63, 3.8) is 0 Å². The number of carbonyl (C=O) groups excluding carboxylic acids is 1. The molecule has 6 aromatic rings. The third-order valence-corrected chi connectivity index (χ3v) is 10.2. The topological polar surface area (TPSA) is 89.2 Å². The second-order valence-corrected chi connectivity index (χ2v) is 14.0. The minimum absolute atomic E-state index is 0.0684. The summed E-state index contributed by atoms with van der Waals surface area (Å²) in [6, 6.07) is 36.8. The zero-order valence-corrected chi connectivity index (χ0v) is 31.0. The molecule has 2 atom stereocenters. The molecular formula is C43H45N7OS. The van der Waals surface area contributed by atoms with Gasteiger partial charge in [0.2, 0.25) is 5.91 Å². The number of benzene rings is 5. The second kappa shape index (κ2) is 16.5. The number of carbonyl (C=O) groups is 1. The molecule has 2 N–H and O–H groups in total. The number of hydrogen-bond donors (Lipinski definition) is 2. The molecule has 0 aliphatic carbocycles. The van der Waals surface area contributed by atoms with Crippen LogP contribution in [0.15, 0.2) is 116 Å². The number of thiocarbonyl (C=S) groups is 1. The van der Waals surface area contributed by atoms with Crippen LogP contribution in [0.5, 0.6) is 0 Å². The van der Waals surface area contributed by atoms with E-state index in [4.69, 9.17) is 17.5 Å². The van der Waals surface area contributed by atoms with Crippen LogP contribution in [0.25, 0.3) is 21.5 Å². The van der Waals surface area contributed by atoms with Crippen LogP contribution in [0.1, 0.15) is 42.7 Å². The van der Waals surface area contributed by atoms with E-state index in [1.165, 1.54) is 10.8 Å². The monoisotopic (exact) mass is 707 g/mol. The molecule has 2 unspecified atom stereocenters. The molecule has 0 saturated carbocycles. The minimum atomic E-state index is -0.171. The number of hydrogen-bond acceptors (Lipinski definition) is 5. The highest BCUT2D eigenvalue weighted by atomic mass is 32.1. The van der Waals surface area contributed by atoms with Gasteiger partial charge in [-0.05, 0) is 64.3 Å². The summed E-state index contributed by atoms with van der Waals surface area (Å²) in [4.78, 5) is 22.4. The molecule has 9 heteroatoms. The summed E-state index contributed by atoms with van der Waals surface area (Å²) < 4.78 is 1.98. The first kappa shape index (κ1) is 36.1. The summed E-state index contributed by atoms with van der Waals surface area (Å²) in [6.45, 7) is 5.99. The van der Waals surface area contributed by atoms with Crippen molar-refractivity contribution < 1.29 is 4.79 Å². The maximum Gasteiger partial charge on any atom is 0.226 e. The number of fused-ring (bicyclic) bond motifs is 2. The zero-order valence-electron chi connectivity index (χ0n) is 30.2. The molecule has 6 rings (SSSR count). The Morgan fingerprint density at radius 1 is 0.923 bits per heavy atom. The highest BCUT2D eigenvalue weighted by molar-refractivity contribution is 7.80. The number of aromatic nitrogens is 2. The molecule has 0 fully saturated rings. The fourth-order valence-electron chi connectivity index (χ4n) is 6.66. The van der Waals surface area contributed by atoms with Crippen molar-refractivity contribution in [3.05, 3.63) is 138 Å². The SMILES string of the molecule is CCC(C)C(CN(Cc1cccc2ccccc12)C(=S)Nc1ccc(N(C)C)c2ccccc12)NC(=O)Cc1cncn1Cc1ccc(C#N)cc1. The normalized spacial score (nSPS) is 12.2. The highest BCUT2D eigenvalue weighted by Gasteiger charge is 2.25. The molecule has 264 valence electrons. The highest BCUT2D eigenvalue weighted by Crippen LogP contribution is 2.32. The average Bonchev–Trinajstić information content (AvgIpc) is 3.59. The van der Waals surface area contributed by atoms with E-state index < -0.39 is 0 Å². The van der Waals surface area contributed by atoms with E-state index in [-0.39, 0.29) is 24.3 Å². The quantitative estimate of drug-likeness (QED) is 0.117. The van der Waals surface area contributed by atoms with Crippen molar-refractivity contribution >= 4 is 56.2 Å². The lowest BCUT2D eigenvalue weighted by atomic mass is 9.97.